The Morgan fingerprint density at radius 3 is 2.61 bits per heavy atom. The fourth-order valence-corrected chi connectivity index (χ4v) is 2.32. The second-order valence-corrected chi connectivity index (χ2v) is 5.23. The van der Waals surface area contributed by atoms with Gasteiger partial charge in [-0.2, -0.15) is 18.3 Å². The third-order valence-corrected chi connectivity index (χ3v) is 3.51. The van der Waals surface area contributed by atoms with Crippen molar-refractivity contribution >= 4 is 5.78 Å². The number of aryl methyl sites for hydroxylation is 2. The Kier molecular flexibility index (Phi) is 4.82. The van der Waals surface area contributed by atoms with E-state index in [1.54, 1.807) is 17.8 Å². The van der Waals surface area contributed by atoms with E-state index in [0.717, 1.165) is 4.57 Å². The zero-order valence-electron chi connectivity index (χ0n) is 13.1. The largest absolute Gasteiger partial charge is 0.482 e. The van der Waals surface area contributed by atoms with Gasteiger partial charge in [0.05, 0.1) is 12.4 Å². The van der Waals surface area contributed by atoms with Gasteiger partial charge in [0.25, 0.3) is 0 Å². The molecular weight excluding hydrogens is 311 g/mol. The van der Waals surface area contributed by atoms with Crippen LogP contribution in [0.5, 0.6) is 5.75 Å². The smallest absolute Gasteiger partial charge is 0.406 e. The second-order valence-electron chi connectivity index (χ2n) is 5.23. The highest BCUT2D eigenvalue weighted by atomic mass is 19.4. The first-order chi connectivity index (χ1) is 10.7. The maximum Gasteiger partial charge on any atom is 0.406 e. The molecule has 2 heterocycles. The van der Waals surface area contributed by atoms with E-state index in [2.05, 4.69) is 5.10 Å². The van der Waals surface area contributed by atoms with Crippen molar-refractivity contribution in [3.8, 4) is 5.75 Å². The van der Waals surface area contributed by atoms with Crippen LogP contribution in [0, 0.1) is 13.8 Å². The number of Topliss-reactive ketones (excluding diaryl/α,β-unsaturated/α-hetero) is 1. The van der Waals surface area contributed by atoms with Crippen LogP contribution in [-0.2, 0) is 13.1 Å². The van der Waals surface area contributed by atoms with Crippen molar-refractivity contribution in [3.05, 3.63) is 35.4 Å². The first-order valence-electron chi connectivity index (χ1n) is 7.13. The lowest BCUT2D eigenvalue weighted by Crippen LogP contribution is -2.20. The highest BCUT2D eigenvalue weighted by molar-refractivity contribution is 5.98. The van der Waals surface area contributed by atoms with E-state index in [1.807, 2.05) is 6.92 Å². The summed E-state index contributed by atoms with van der Waals surface area (Å²) in [5, 5.41) is 4.01. The Morgan fingerprint density at radius 2 is 2.04 bits per heavy atom. The fourth-order valence-electron chi connectivity index (χ4n) is 2.32. The van der Waals surface area contributed by atoms with Crippen LogP contribution in [-0.4, -0.2) is 32.9 Å². The first-order valence-corrected chi connectivity index (χ1v) is 7.13. The summed E-state index contributed by atoms with van der Waals surface area (Å²) in [7, 11) is 0. The normalized spacial score (nSPS) is 11.7. The molecule has 5 nitrogen and oxygen atoms in total. The summed E-state index contributed by atoms with van der Waals surface area (Å²) >= 11 is 0. The van der Waals surface area contributed by atoms with E-state index in [-0.39, 0.29) is 23.6 Å². The summed E-state index contributed by atoms with van der Waals surface area (Å²) in [4.78, 5) is 12.2. The van der Waals surface area contributed by atoms with Crippen molar-refractivity contribution < 1.29 is 22.7 Å². The van der Waals surface area contributed by atoms with Gasteiger partial charge < -0.3 is 9.30 Å². The molecule has 0 aliphatic rings. The number of carbonyl (C=O) groups excluding carboxylic acids is 1. The number of ether oxygens (including phenoxy) is 1. The van der Waals surface area contributed by atoms with Crippen LogP contribution in [0.15, 0.2) is 18.5 Å². The summed E-state index contributed by atoms with van der Waals surface area (Å²) in [5.74, 6) is 0.0834. The van der Waals surface area contributed by atoms with E-state index >= 15 is 0 Å². The van der Waals surface area contributed by atoms with Gasteiger partial charge in [0, 0.05) is 23.5 Å². The van der Waals surface area contributed by atoms with Crippen LogP contribution < -0.4 is 4.74 Å². The topological polar surface area (TPSA) is 49.0 Å². The molecule has 0 atom stereocenters. The fraction of sp³-hybridized carbons (Fsp3) is 0.467. The molecular formula is C15H18F3N3O2. The van der Waals surface area contributed by atoms with Gasteiger partial charge in [0.2, 0.25) is 5.78 Å². The predicted molar refractivity (Wildman–Crippen MR) is 77.7 cm³/mol. The zero-order chi connectivity index (χ0) is 17.2. The van der Waals surface area contributed by atoms with Crippen molar-refractivity contribution in [3.63, 3.8) is 0 Å². The van der Waals surface area contributed by atoms with Crippen molar-refractivity contribution in [2.75, 3.05) is 6.61 Å². The van der Waals surface area contributed by atoms with Gasteiger partial charge in [-0.15, -0.1) is 0 Å². The van der Waals surface area contributed by atoms with Gasteiger partial charge >= 0.3 is 6.18 Å². The second kappa shape index (κ2) is 6.47. The van der Waals surface area contributed by atoms with Gasteiger partial charge in [-0.1, -0.05) is 0 Å². The monoisotopic (exact) mass is 329 g/mol. The Labute approximate surface area is 131 Å². The summed E-state index contributed by atoms with van der Waals surface area (Å²) < 4.78 is 45.8. The molecule has 0 unspecified atom stereocenters. The highest BCUT2D eigenvalue weighted by Gasteiger charge is 2.30. The molecule has 23 heavy (non-hydrogen) atoms. The van der Waals surface area contributed by atoms with E-state index in [9.17, 15) is 18.0 Å². The summed E-state index contributed by atoms with van der Waals surface area (Å²) in [6.45, 7) is 4.28. The van der Waals surface area contributed by atoms with Crippen LogP contribution >= 0.6 is 0 Å². The number of hydrogen-bond acceptors (Lipinski definition) is 3. The van der Waals surface area contributed by atoms with Crippen molar-refractivity contribution in [1.29, 1.82) is 0 Å². The maximum absolute atomic E-state index is 12.6. The van der Waals surface area contributed by atoms with Crippen molar-refractivity contribution in [2.45, 2.75) is 40.0 Å². The molecule has 0 radical (unpaired) electrons. The SMILES string of the molecule is CCn1cc(OCC(=O)c2cc(C)n(CC(F)(F)F)c2C)cn1. The number of hydrogen-bond donors (Lipinski definition) is 0. The number of rotatable bonds is 6. The number of aromatic nitrogens is 3. The number of nitrogens with zero attached hydrogens (tertiary/aromatic N) is 3. The third-order valence-electron chi connectivity index (χ3n) is 3.51. The maximum atomic E-state index is 12.6. The lowest BCUT2D eigenvalue weighted by Gasteiger charge is -2.12. The molecule has 2 aromatic rings. The van der Waals surface area contributed by atoms with E-state index in [1.165, 1.54) is 19.2 Å². The zero-order valence-corrected chi connectivity index (χ0v) is 13.1. The molecule has 0 aliphatic heterocycles. The van der Waals surface area contributed by atoms with Crippen LogP contribution in [0.2, 0.25) is 0 Å². The minimum Gasteiger partial charge on any atom is -0.482 e. The Bertz CT molecular complexity index is 701. The first kappa shape index (κ1) is 17.1. The minimum atomic E-state index is -4.33. The van der Waals surface area contributed by atoms with Crippen LogP contribution in [0.4, 0.5) is 13.2 Å². The van der Waals surface area contributed by atoms with Crippen molar-refractivity contribution in [1.82, 2.24) is 14.3 Å². The van der Waals surface area contributed by atoms with Gasteiger partial charge in [0.1, 0.15) is 6.54 Å². The molecule has 0 N–H and O–H groups in total. The molecule has 0 aromatic carbocycles. The van der Waals surface area contributed by atoms with Crippen LogP contribution in [0.1, 0.15) is 28.7 Å². The molecule has 2 aromatic heterocycles. The van der Waals surface area contributed by atoms with Gasteiger partial charge in [-0.3, -0.25) is 9.48 Å². The predicted octanol–water partition coefficient (Wildman–Crippen LogP) is 3.15. The molecule has 2 rings (SSSR count). The van der Waals surface area contributed by atoms with Gasteiger partial charge in [-0.05, 0) is 26.8 Å². The Hall–Kier alpha value is -2.25. The molecule has 0 amide bonds. The molecule has 0 spiro atoms. The molecule has 126 valence electrons. The van der Waals surface area contributed by atoms with E-state index in [4.69, 9.17) is 4.74 Å². The van der Waals surface area contributed by atoms with E-state index < -0.39 is 12.7 Å². The molecule has 0 fully saturated rings. The quantitative estimate of drug-likeness (QED) is 0.765. The lowest BCUT2D eigenvalue weighted by atomic mass is 10.1. The summed E-state index contributed by atoms with van der Waals surface area (Å²) in [5.41, 5.74) is 0.925. The molecule has 0 bridgehead atoms. The Balaban J connectivity index is 2.09. The average Bonchev–Trinajstić information content (AvgIpc) is 3.03. The average molecular weight is 329 g/mol. The molecule has 0 aliphatic carbocycles. The van der Waals surface area contributed by atoms with E-state index in [0.29, 0.717) is 18.0 Å². The van der Waals surface area contributed by atoms with Crippen LogP contribution in [0.3, 0.4) is 0 Å². The Morgan fingerprint density at radius 1 is 1.35 bits per heavy atom. The third kappa shape index (κ3) is 4.14. The molecule has 8 heteroatoms. The number of carbonyl (C=O) groups is 1. The number of halogens is 3. The van der Waals surface area contributed by atoms with Gasteiger partial charge in [-0.25, -0.2) is 0 Å². The van der Waals surface area contributed by atoms with Gasteiger partial charge in [0.15, 0.2) is 12.4 Å². The molecule has 0 saturated carbocycles. The molecule has 0 saturated heterocycles. The lowest BCUT2D eigenvalue weighted by molar-refractivity contribution is -0.141. The standard InChI is InChI=1S/C15H18F3N3O2/c1-4-20-7-12(6-19-20)23-8-14(22)13-5-10(2)21(11(13)3)9-15(16,17)18/h5-7H,4,8-9H2,1-3H3. The van der Waals surface area contributed by atoms with Crippen LogP contribution in [0.25, 0.3) is 0 Å². The minimum absolute atomic E-state index is 0.244. The highest BCUT2D eigenvalue weighted by Crippen LogP contribution is 2.23. The van der Waals surface area contributed by atoms with Crippen molar-refractivity contribution in [2.24, 2.45) is 0 Å². The summed E-state index contributed by atoms with van der Waals surface area (Å²) in [6.07, 6.45) is -1.19. The number of ketones is 1. The summed E-state index contributed by atoms with van der Waals surface area (Å²) in [6, 6.07) is 1.46. The number of alkyl halides is 3.